The first kappa shape index (κ1) is 25.3. The molecular formula is C20H34IN5O3. The van der Waals surface area contributed by atoms with Gasteiger partial charge in [0.25, 0.3) is 0 Å². The van der Waals surface area contributed by atoms with Crippen molar-refractivity contribution >= 4 is 35.8 Å². The monoisotopic (exact) mass is 519 g/mol. The molecule has 164 valence electrons. The van der Waals surface area contributed by atoms with Crippen molar-refractivity contribution in [1.29, 1.82) is 0 Å². The summed E-state index contributed by atoms with van der Waals surface area (Å²) in [5.74, 6) is 2.36. The number of para-hydroxylation sites is 2. The molecule has 8 nitrogen and oxygen atoms in total. The number of piperazine rings is 1. The SMILES string of the molecule is CN=C(NCCN1CCN(C(C)=O)CC1)NCC(C)Oc1ccccc1OC.I. The van der Waals surface area contributed by atoms with E-state index in [1.54, 1.807) is 21.1 Å². The third kappa shape index (κ3) is 8.65. The van der Waals surface area contributed by atoms with Gasteiger partial charge in [-0.1, -0.05) is 12.1 Å². The van der Waals surface area contributed by atoms with E-state index in [0.717, 1.165) is 56.7 Å². The van der Waals surface area contributed by atoms with Crippen LogP contribution in [-0.4, -0.2) is 87.7 Å². The number of hydrogen-bond donors (Lipinski definition) is 2. The number of hydrogen-bond acceptors (Lipinski definition) is 5. The van der Waals surface area contributed by atoms with Crippen LogP contribution >= 0.6 is 24.0 Å². The third-order valence-corrected chi connectivity index (χ3v) is 4.72. The van der Waals surface area contributed by atoms with Crippen LogP contribution in [0, 0.1) is 0 Å². The molecule has 29 heavy (non-hydrogen) atoms. The number of carbonyl (C=O) groups is 1. The fourth-order valence-electron chi connectivity index (χ4n) is 3.05. The predicted molar refractivity (Wildman–Crippen MR) is 127 cm³/mol. The fraction of sp³-hybridized carbons (Fsp3) is 0.600. The van der Waals surface area contributed by atoms with Crippen LogP contribution < -0.4 is 20.1 Å². The lowest BCUT2D eigenvalue weighted by atomic mass is 10.3. The molecule has 1 atom stereocenters. The second-order valence-electron chi connectivity index (χ2n) is 6.81. The zero-order valence-electron chi connectivity index (χ0n) is 17.8. The number of amides is 1. The van der Waals surface area contributed by atoms with E-state index >= 15 is 0 Å². The van der Waals surface area contributed by atoms with E-state index in [0.29, 0.717) is 6.54 Å². The first-order valence-electron chi connectivity index (χ1n) is 9.75. The number of ether oxygens (including phenoxy) is 2. The van der Waals surface area contributed by atoms with Crippen LogP contribution in [0.1, 0.15) is 13.8 Å². The lowest BCUT2D eigenvalue weighted by Gasteiger charge is -2.34. The van der Waals surface area contributed by atoms with Crippen molar-refractivity contribution in [2.75, 3.05) is 60.0 Å². The number of nitrogens with one attached hydrogen (secondary N) is 2. The van der Waals surface area contributed by atoms with Gasteiger partial charge >= 0.3 is 0 Å². The zero-order chi connectivity index (χ0) is 20.4. The minimum absolute atomic E-state index is 0. The molecule has 0 aromatic heterocycles. The van der Waals surface area contributed by atoms with Crippen molar-refractivity contribution in [3.05, 3.63) is 24.3 Å². The first-order chi connectivity index (χ1) is 13.5. The van der Waals surface area contributed by atoms with E-state index in [9.17, 15) is 4.79 Å². The molecule has 1 aromatic rings. The minimum Gasteiger partial charge on any atom is -0.493 e. The molecule has 1 heterocycles. The lowest BCUT2D eigenvalue weighted by molar-refractivity contribution is -0.130. The number of aliphatic imine (C=N–C) groups is 1. The van der Waals surface area contributed by atoms with E-state index in [-0.39, 0.29) is 36.0 Å². The largest absolute Gasteiger partial charge is 0.493 e. The maximum absolute atomic E-state index is 11.4. The summed E-state index contributed by atoms with van der Waals surface area (Å²) in [6, 6.07) is 7.62. The summed E-state index contributed by atoms with van der Waals surface area (Å²) in [7, 11) is 3.39. The summed E-state index contributed by atoms with van der Waals surface area (Å²) >= 11 is 0. The Hall–Kier alpha value is -1.75. The number of nitrogens with zero attached hydrogens (tertiary/aromatic N) is 3. The molecule has 0 radical (unpaired) electrons. The van der Waals surface area contributed by atoms with Gasteiger partial charge in [-0.2, -0.15) is 0 Å². The first-order valence-corrected chi connectivity index (χ1v) is 9.75. The summed E-state index contributed by atoms with van der Waals surface area (Å²) < 4.78 is 11.3. The Morgan fingerprint density at radius 1 is 1.17 bits per heavy atom. The van der Waals surface area contributed by atoms with Gasteiger partial charge < -0.3 is 25.0 Å². The molecule has 9 heteroatoms. The number of carbonyl (C=O) groups excluding carboxylic acids is 1. The maximum atomic E-state index is 11.4. The Bertz CT molecular complexity index is 651. The lowest BCUT2D eigenvalue weighted by Crippen LogP contribution is -2.50. The molecule has 2 rings (SSSR count). The smallest absolute Gasteiger partial charge is 0.219 e. The molecule has 0 spiro atoms. The normalized spacial score (nSPS) is 15.9. The maximum Gasteiger partial charge on any atom is 0.219 e. The third-order valence-electron chi connectivity index (χ3n) is 4.72. The molecule has 1 aromatic carbocycles. The molecule has 1 amide bonds. The van der Waals surface area contributed by atoms with Crippen molar-refractivity contribution in [3.63, 3.8) is 0 Å². The Morgan fingerprint density at radius 2 is 1.83 bits per heavy atom. The Kier molecular flexibility index (Phi) is 11.7. The van der Waals surface area contributed by atoms with E-state index in [1.807, 2.05) is 36.1 Å². The van der Waals surface area contributed by atoms with E-state index in [2.05, 4.69) is 20.5 Å². The molecule has 1 fully saturated rings. The second-order valence-corrected chi connectivity index (χ2v) is 6.81. The summed E-state index contributed by atoms with van der Waals surface area (Å²) in [6.07, 6.45) is -0.0468. The number of methoxy groups -OCH3 is 1. The number of rotatable bonds is 8. The van der Waals surface area contributed by atoms with Crippen LogP contribution in [0.25, 0.3) is 0 Å². The second kappa shape index (κ2) is 13.5. The predicted octanol–water partition coefficient (Wildman–Crippen LogP) is 1.41. The molecule has 0 aliphatic carbocycles. The molecule has 1 aliphatic rings. The number of benzene rings is 1. The van der Waals surface area contributed by atoms with Crippen LogP contribution in [0.2, 0.25) is 0 Å². The van der Waals surface area contributed by atoms with Crippen molar-refractivity contribution in [2.24, 2.45) is 4.99 Å². The van der Waals surface area contributed by atoms with Crippen LogP contribution in [0.3, 0.4) is 0 Å². The average molecular weight is 519 g/mol. The summed E-state index contributed by atoms with van der Waals surface area (Å²) in [6.45, 7) is 9.40. The van der Waals surface area contributed by atoms with E-state index in [4.69, 9.17) is 9.47 Å². The van der Waals surface area contributed by atoms with Gasteiger partial charge in [0.2, 0.25) is 5.91 Å². The Morgan fingerprint density at radius 3 is 2.41 bits per heavy atom. The van der Waals surface area contributed by atoms with E-state index in [1.165, 1.54) is 0 Å². The van der Waals surface area contributed by atoms with Crippen molar-refractivity contribution < 1.29 is 14.3 Å². The van der Waals surface area contributed by atoms with Gasteiger partial charge in [-0.05, 0) is 19.1 Å². The summed E-state index contributed by atoms with van der Waals surface area (Å²) in [5, 5.41) is 6.62. The minimum atomic E-state index is -0.0468. The van der Waals surface area contributed by atoms with Gasteiger partial charge in [0, 0.05) is 53.2 Å². The van der Waals surface area contributed by atoms with Crippen molar-refractivity contribution in [2.45, 2.75) is 20.0 Å². The summed E-state index contributed by atoms with van der Waals surface area (Å²) in [4.78, 5) is 19.9. The molecule has 1 unspecified atom stereocenters. The molecule has 2 N–H and O–H groups in total. The number of guanidine groups is 1. The zero-order valence-corrected chi connectivity index (χ0v) is 20.1. The highest BCUT2D eigenvalue weighted by Crippen LogP contribution is 2.26. The molecule has 1 saturated heterocycles. The number of halogens is 1. The standard InChI is InChI=1S/C20H33N5O3.HI/c1-16(28-19-8-6-5-7-18(19)27-4)15-23-20(21-3)22-9-10-24-11-13-25(14-12-24)17(2)26;/h5-8,16H,9-15H2,1-4H3,(H2,21,22,23);1H. The van der Waals surface area contributed by atoms with Gasteiger partial charge in [0.15, 0.2) is 17.5 Å². The highest BCUT2D eigenvalue weighted by molar-refractivity contribution is 14.0. The van der Waals surface area contributed by atoms with Crippen molar-refractivity contribution in [1.82, 2.24) is 20.4 Å². The van der Waals surface area contributed by atoms with E-state index < -0.39 is 0 Å². The van der Waals surface area contributed by atoms with Crippen molar-refractivity contribution in [3.8, 4) is 11.5 Å². The van der Waals surface area contributed by atoms with Crippen LogP contribution in [-0.2, 0) is 4.79 Å². The van der Waals surface area contributed by atoms with Crippen LogP contribution in [0.5, 0.6) is 11.5 Å². The molecule has 0 bridgehead atoms. The Balaban J connectivity index is 0.00000420. The van der Waals surface area contributed by atoms with Crippen LogP contribution in [0.4, 0.5) is 0 Å². The molecular weight excluding hydrogens is 485 g/mol. The quantitative estimate of drug-likeness (QED) is 0.308. The molecule has 1 aliphatic heterocycles. The van der Waals surface area contributed by atoms with Gasteiger partial charge in [-0.3, -0.25) is 14.7 Å². The topological polar surface area (TPSA) is 78.4 Å². The van der Waals surface area contributed by atoms with Gasteiger partial charge in [-0.25, -0.2) is 0 Å². The van der Waals surface area contributed by atoms with Gasteiger partial charge in [0.05, 0.1) is 13.7 Å². The average Bonchev–Trinajstić information content (AvgIpc) is 2.71. The Labute approximate surface area is 191 Å². The van der Waals surface area contributed by atoms with Gasteiger partial charge in [0.1, 0.15) is 6.10 Å². The van der Waals surface area contributed by atoms with Crippen LogP contribution in [0.15, 0.2) is 29.3 Å². The highest BCUT2D eigenvalue weighted by atomic mass is 127. The fourth-order valence-corrected chi connectivity index (χ4v) is 3.05. The van der Waals surface area contributed by atoms with Gasteiger partial charge in [-0.15, -0.1) is 24.0 Å². The molecule has 0 saturated carbocycles. The summed E-state index contributed by atoms with van der Waals surface area (Å²) in [5.41, 5.74) is 0. The highest BCUT2D eigenvalue weighted by Gasteiger charge is 2.18.